The number of aryl methyl sites for hydroxylation is 2. The molecule has 5 rings (SSSR count). The second-order valence-electron chi connectivity index (χ2n) is 9.17. The number of hydrogen-bond donors (Lipinski definition) is 0. The Kier molecular flexibility index (Phi) is 7.37. The SMILES string of the molecule is COc1ccc(C(=O)N2CCN(c3ccccc3C)CC2)cc1Oc1nc(Cc2ccc(C)cc2)ns1. The van der Waals surface area contributed by atoms with E-state index in [1.807, 2.05) is 4.90 Å². The van der Waals surface area contributed by atoms with Gasteiger partial charge in [0, 0.05) is 55.4 Å². The van der Waals surface area contributed by atoms with Crippen LogP contribution in [-0.4, -0.2) is 53.5 Å². The predicted molar refractivity (Wildman–Crippen MR) is 146 cm³/mol. The van der Waals surface area contributed by atoms with E-state index in [4.69, 9.17) is 9.47 Å². The normalized spacial score (nSPS) is 13.5. The van der Waals surface area contributed by atoms with E-state index in [9.17, 15) is 4.79 Å². The van der Waals surface area contributed by atoms with Crippen molar-refractivity contribution in [3.8, 4) is 16.7 Å². The molecule has 37 heavy (non-hydrogen) atoms. The Hall–Kier alpha value is -3.91. The number of para-hydroxylation sites is 1. The quantitative estimate of drug-likeness (QED) is 0.324. The zero-order chi connectivity index (χ0) is 25.8. The summed E-state index contributed by atoms with van der Waals surface area (Å²) in [6.45, 7) is 7.10. The van der Waals surface area contributed by atoms with E-state index in [0.29, 0.717) is 47.6 Å². The van der Waals surface area contributed by atoms with Crippen molar-refractivity contribution in [1.29, 1.82) is 0 Å². The minimum Gasteiger partial charge on any atom is -0.493 e. The van der Waals surface area contributed by atoms with Gasteiger partial charge in [0.05, 0.1) is 7.11 Å². The van der Waals surface area contributed by atoms with Gasteiger partial charge in [0.1, 0.15) is 0 Å². The van der Waals surface area contributed by atoms with E-state index in [2.05, 4.69) is 76.6 Å². The summed E-state index contributed by atoms with van der Waals surface area (Å²) in [5.41, 5.74) is 5.40. The maximum Gasteiger partial charge on any atom is 0.298 e. The summed E-state index contributed by atoms with van der Waals surface area (Å²) in [6.07, 6.45) is 0.629. The summed E-state index contributed by atoms with van der Waals surface area (Å²) in [7, 11) is 1.58. The van der Waals surface area contributed by atoms with E-state index >= 15 is 0 Å². The van der Waals surface area contributed by atoms with Crippen LogP contribution >= 0.6 is 11.5 Å². The van der Waals surface area contributed by atoms with Gasteiger partial charge >= 0.3 is 0 Å². The van der Waals surface area contributed by atoms with Gasteiger partial charge < -0.3 is 19.3 Å². The van der Waals surface area contributed by atoms with Crippen LogP contribution in [0, 0.1) is 13.8 Å². The lowest BCUT2D eigenvalue weighted by Gasteiger charge is -2.36. The van der Waals surface area contributed by atoms with Gasteiger partial charge in [-0.25, -0.2) is 0 Å². The highest BCUT2D eigenvalue weighted by Gasteiger charge is 2.24. The minimum absolute atomic E-state index is 0.0192. The van der Waals surface area contributed by atoms with Gasteiger partial charge in [-0.15, -0.1) is 0 Å². The van der Waals surface area contributed by atoms with E-state index in [0.717, 1.165) is 18.7 Å². The van der Waals surface area contributed by atoms with E-state index in [1.165, 1.54) is 28.3 Å². The van der Waals surface area contributed by atoms with Gasteiger partial charge in [0.15, 0.2) is 17.3 Å². The van der Waals surface area contributed by atoms with Crippen LogP contribution in [0.2, 0.25) is 0 Å². The average Bonchev–Trinajstić information content (AvgIpc) is 3.36. The lowest BCUT2D eigenvalue weighted by Crippen LogP contribution is -2.49. The van der Waals surface area contributed by atoms with Gasteiger partial charge in [0.2, 0.25) is 0 Å². The first-order valence-corrected chi connectivity index (χ1v) is 13.1. The van der Waals surface area contributed by atoms with E-state index in [1.54, 1.807) is 25.3 Å². The Morgan fingerprint density at radius 1 is 0.946 bits per heavy atom. The number of carbonyl (C=O) groups excluding carboxylic acids is 1. The fourth-order valence-electron chi connectivity index (χ4n) is 4.47. The Bertz CT molecular complexity index is 1380. The molecule has 3 aromatic carbocycles. The number of benzene rings is 3. The number of anilines is 1. The average molecular weight is 515 g/mol. The monoisotopic (exact) mass is 514 g/mol. The first-order chi connectivity index (χ1) is 18.0. The lowest BCUT2D eigenvalue weighted by molar-refractivity contribution is 0.0746. The standard InChI is InChI=1S/C29H30N4O3S/c1-20-8-10-22(11-9-20)18-27-30-29(37-31-27)36-26-19-23(12-13-25(26)35-3)28(34)33-16-14-32(15-17-33)24-7-5-4-6-21(24)2/h4-13,19H,14-18H2,1-3H3. The molecule has 4 aromatic rings. The van der Waals surface area contributed by atoms with Crippen molar-refractivity contribution in [2.24, 2.45) is 0 Å². The summed E-state index contributed by atoms with van der Waals surface area (Å²) < 4.78 is 16.0. The molecule has 190 valence electrons. The predicted octanol–water partition coefficient (Wildman–Crippen LogP) is 5.51. The molecule has 1 fully saturated rings. The Labute approximate surface area is 221 Å². The van der Waals surface area contributed by atoms with Gasteiger partial charge in [-0.3, -0.25) is 4.79 Å². The molecule has 8 heteroatoms. The topological polar surface area (TPSA) is 67.8 Å². The molecule has 1 aliphatic heterocycles. The van der Waals surface area contributed by atoms with Crippen LogP contribution in [0.3, 0.4) is 0 Å². The van der Waals surface area contributed by atoms with Gasteiger partial charge in [0.25, 0.3) is 11.1 Å². The Balaban J connectivity index is 1.26. The molecule has 0 unspecified atom stereocenters. The molecule has 0 atom stereocenters. The van der Waals surface area contributed by atoms with Crippen molar-refractivity contribution >= 4 is 23.1 Å². The fourth-order valence-corrected chi connectivity index (χ4v) is 5.04. The molecule has 0 saturated carbocycles. The molecule has 0 spiro atoms. The summed E-state index contributed by atoms with van der Waals surface area (Å²) in [6, 6.07) is 22.0. The highest BCUT2D eigenvalue weighted by atomic mass is 32.1. The molecular weight excluding hydrogens is 484 g/mol. The number of ether oxygens (including phenoxy) is 2. The zero-order valence-corrected chi connectivity index (χ0v) is 22.1. The van der Waals surface area contributed by atoms with E-state index in [-0.39, 0.29) is 5.91 Å². The van der Waals surface area contributed by atoms with Gasteiger partial charge in [-0.2, -0.15) is 9.36 Å². The molecule has 1 saturated heterocycles. The van der Waals surface area contributed by atoms with Crippen molar-refractivity contribution in [2.45, 2.75) is 20.3 Å². The summed E-state index contributed by atoms with van der Waals surface area (Å²) in [5.74, 6) is 1.66. The van der Waals surface area contributed by atoms with Crippen molar-refractivity contribution in [1.82, 2.24) is 14.3 Å². The summed E-state index contributed by atoms with van der Waals surface area (Å²) >= 11 is 1.19. The number of amides is 1. The third-order valence-corrected chi connectivity index (χ3v) is 7.20. The highest BCUT2D eigenvalue weighted by molar-refractivity contribution is 7.07. The Morgan fingerprint density at radius 3 is 2.43 bits per heavy atom. The minimum atomic E-state index is -0.0192. The van der Waals surface area contributed by atoms with Crippen LogP contribution in [0.15, 0.2) is 66.7 Å². The maximum absolute atomic E-state index is 13.3. The van der Waals surface area contributed by atoms with Crippen LogP contribution in [-0.2, 0) is 6.42 Å². The molecule has 0 bridgehead atoms. The number of hydrogen-bond acceptors (Lipinski definition) is 7. The molecule has 7 nitrogen and oxygen atoms in total. The number of aromatic nitrogens is 2. The first-order valence-electron chi connectivity index (χ1n) is 12.3. The largest absolute Gasteiger partial charge is 0.493 e. The maximum atomic E-state index is 13.3. The second-order valence-corrected chi connectivity index (χ2v) is 9.89. The number of carbonyl (C=O) groups is 1. The van der Waals surface area contributed by atoms with Gasteiger partial charge in [-0.05, 0) is 49.2 Å². The number of methoxy groups -OCH3 is 1. The van der Waals surface area contributed by atoms with Crippen LogP contribution in [0.25, 0.3) is 0 Å². The van der Waals surface area contributed by atoms with Crippen LogP contribution in [0.4, 0.5) is 5.69 Å². The smallest absolute Gasteiger partial charge is 0.298 e. The highest BCUT2D eigenvalue weighted by Crippen LogP contribution is 2.34. The van der Waals surface area contributed by atoms with Crippen LogP contribution in [0.5, 0.6) is 16.7 Å². The van der Waals surface area contributed by atoms with Gasteiger partial charge in [-0.1, -0.05) is 48.0 Å². The number of rotatable bonds is 7. The molecule has 0 aliphatic carbocycles. The second kappa shape index (κ2) is 11.0. The molecule has 1 amide bonds. The molecule has 1 aliphatic rings. The summed E-state index contributed by atoms with van der Waals surface area (Å²) in [5, 5.41) is 0.414. The third kappa shape index (κ3) is 5.75. The molecule has 0 radical (unpaired) electrons. The van der Waals surface area contributed by atoms with Crippen LogP contribution < -0.4 is 14.4 Å². The molecule has 1 aromatic heterocycles. The third-order valence-electron chi connectivity index (χ3n) is 6.56. The Morgan fingerprint density at radius 2 is 1.70 bits per heavy atom. The zero-order valence-electron chi connectivity index (χ0n) is 21.3. The van der Waals surface area contributed by atoms with Crippen molar-refractivity contribution in [3.63, 3.8) is 0 Å². The lowest BCUT2D eigenvalue weighted by atomic mass is 10.1. The van der Waals surface area contributed by atoms with Crippen molar-refractivity contribution in [3.05, 3.63) is 94.8 Å². The number of piperazine rings is 1. The fraction of sp³-hybridized carbons (Fsp3) is 0.276. The van der Waals surface area contributed by atoms with Crippen molar-refractivity contribution < 1.29 is 14.3 Å². The van der Waals surface area contributed by atoms with E-state index < -0.39 is 0 Å². The number of nitrogens with zero attached hydrogens (tertiary/aromatic N) is 4. The molecule has 2 heterocycles. The van der Waals surface area contributed by atoms with Crippen molar-refractivity contribution in [2.75, 3.05) is 38.2 Å². The first kappa shape index (κ1) is 24.8. The van der Waals surface area contributed by atoms with Crippen LogP contribution in [0.1, 0.15) is 32.9 Å². The summed E-state index contributed by atoms with van der Waals surface area (Å²) in [4.78, 5) is 22.1. The molecular formula is C29H30N4O3S. The molecule has 0 N–H and O–H groups in total.